The van der Waals surface area contributed by atoms with E-state index in [0.29, 0.717) is 6.42 Å². The molecule has 0 unspecified atom stereocenters. The average molecular weight is 257 g/mol. The van der Waals surface area contributed by atoms with Gasteiger partial charge in [-0.05, 0) is 24.1 Å². The van der Waals surface area contributed by atoms with Gasteiger partial charge < -0.3 is 5.11 Å². The quantitative estimate of drug-likeness (QED) is 0.823. The lowest BCUT2D eigenvalue weighted by atomic mass is 9.99. The van der Waals surface area contributed by atoms with Gasteiger partial charge in [-0.1, -0.05) is 20.3 Å². The SMILES string of the molecule is CC[C@H](C)[C@H](NCc1cc(F)ccc1F)C(=O)O. The van der Waals surface area contributed by atoms with Gasteiger partial charge in [0.05, 0.1) is 0 Å². The third kappa shape index (κ3) is 3.77. The first-order valence-corrected chi connectivity index (χ1v) is 5.85. The predicted octanol–water partition coefficient (Wildman–Crippen LogP) is 2.55. The Kier molecular flexibility index (Phi) is 5.22. The molecule has 1 aromatic rings. The van der Waals surface area contributed by atoms with Gasteiger partial charge in [-0.25, -0.2) is 8.78 Å². The maximum Gasteiger partial charge on any atom is 0.320 e. The van der Waals surface area contributed by atoms with Crippen LogP contribution < -0.4 is 5.32 Å². The van der Waals surface area contributed by atoms with Crippen molar-refractivity contribution in [3.05, 3.63) is 35.4 Å². The van der Waals surface area contributed by atoms with Gasteiger partial charge in [-0.15, -0.1) is 0 Å². The van der Waals surface area contributed by atoms with Gasteiger partial charge in [-0.3, -0.25) is 10.1 Å². The van der Waals surface area contributed by atoms with Crippen LogP contribution in [0.25, 0.3) is 0 Å². The molecular formula is C13H17F2NO2. The Morgan fingerprint density at radius 3 is 2.67 bits per heavy atom. The van der Waals surface area contributed by atoms with Crippen LogP contribution in [-0.4, -0.2) is 17.1 Å². The van der Waals surface area contributed by atoms with E-state index in [9.17, 15) is 13.6 Å². The lowest BCUT2D eigenvalue weighted by molar-refractivity contribution is -0.140. The molecule has 3 nitrogen and oxygen atoms in total. The van der Waals surface area contributed by atoms with Crippen LogP contribution in [-0.2, 0) is 11.3 Å². The van der Waals surface area contributed by atoms with Gasteiger partial charge in [0.2, 0.25) is 0 Å². The summed E-state index contributed by atoms with van der Waals surface area (Å²) >= 11 is 0. The molecular weight excluding hydrogens is 240 g/mol. The number of nitrogens with one attached hydrogen (secondary N) is 1. The fraction of sp³-hybridized carbons (Fsp3) is 0.462. The molecule has 0 aliphatic heterocycles. The second-order valence-corrected chi connectivity index (χ2v) is 4.32. The highest BCUT2D eigenvalue weighted by Crippen LogP contribution is 2.12. The molecule has 0 aliphatic rings. The smallest absolute Gasteiger partial charge is 0.320 e. The molecule has 0 heterocycles. The summed E-state index contributed by atoms with van der Waals surface area (Å²) in [6.45, 7) is 3.67. The number of carboxylic acids is 1. The highest BCUT2D eigenvalue weighted by Gasteiger charge is 2.23. The topological polar surface area (TPSA) is 49.3 Å². The molecule has 1 rings (SSSR count). The van der Waals surface area contributed by atoms with Crippen molar-refractivity contribution in [3.8, 4) is 0 Å². The van der Waals surface area contributed by atoms with Crippen molar-refractivity contribution >= 4 is 5.97 Å². The van der Waals surface area contributed by atoms with Crippen molar-refractivity contribution in [2.24, 2.45) is 5.92 Å². The van der Waals surface area contributed by atoms with E-state index < -0.39 is 23.6 Å². The molecule has 100 valence electrons. The lowest BCUT2D eigenvalue weighted by Gasteiger charge is -2.20. The molecule has 18 heavy (non-hydrogen) atoms. The summed E-state index contributed by atoms with van der Waals surface area (Å²) in [6, 6.07) is 2.36. The van der Waals surface area contributed by atoms with Gasteiger partial charge in [0.1, 0.15) is 17.7 Å². The first kappa shape index (κ1) is 14.6. The minimum atomic E-state index is -0.985. The maximum atomic E-state index is 13.4. The molecule has 0 aliphatic carbocycles. The van der Waals surface area contributed by atoms with Crippen LogP contribution in [0.3, 0.4) is 0 Å². The molecule has 0 radical (unpaired) electrons. The summed E-state index contributed by atoms with van der Waals surface area (Å²) in [5.74, 6) is -2.15. The van der Waals surface area contributed by atoms with E-state index in [1.807, 2.05) is 6.92 Å². The van der Waals surface area contributed by atoms with Crippen molar-refractivity contribution < 1.29 is 18.7 Å². The van der Waals surface area contributed by atoms with E-state index in [4.69, 9.17) is 5.11 Å². The molecule has 0 saturated carbocycles. The third-order valence-electron chi connectivity index (χ3n) is 3.00. The van der Waals surface area contributed by atoms with E-state index in [0.717, 1.165) is 18.2 Å². The van der Waals surface area contributed by atoms with Gasteiger partial charge in [-0.2, -0.15) is 0 Å². The second-order valence-electron chi connectivity index (χ2n) is 4.32. The summed E-state index contributed by atoms with van der Waals surface area (Å²) in [5.41, 5.74) is 0.129. The van der Waals surface area contributed by atoms with Crippen molar-refractivity contribution in [1.29, 1.82) is 0 Å². The Morgan fingerprint density at radius 1 is 1.44 bits per heavy atom. The molecule has 0 fully saturated rings. The fourth-order valence-electron chi connectivity index (χ4n) is 1.67. The van der Waals surface area contributed by atoms with E-state index in [-0.39, 0.29) is 18.0 Å². The number of carbonyl (C=O) groups is 1. The van der Waals surface area contributed by atoms with Crippen LogP contribution >= 0.6 is 0 Å². The first-order valence-electron chi connectivity index (χ1n) is 5.85. The van der Waals surface area contributed by atoms with Crippen LogP contribution in [0.5, 0.6) is 0 Å². The molecule has 2 N–H and O–H groups in total. The Balaban J connectivity index is 2.73. The van der Waals surface area contributed by atoms with Crippen molar-refractivity contribution in [2.45, 2.75) is 32.9 Å². The monoisotopic (exact) mass is 257 g/mol. The zero-order chi connectivity index (χ0) is 13.7. The zero-order valence-corrected chi connectivity index (χ0v) is 10.4. The Morgan fingerprint density at radius 2 is 2.11 bits per heavy atom. The summed E-state index contributed by atoms with van der Waals surface area (Å²) < 4.78 is 26.3. The molecule has 1 aromatic carbocycles. The molecule has 0 bridgehead atoms. The highest BCUT2D eigenvalue weighted by atomic mass is 19.1. The van der Waals surface area contributed by atoms with Crippen molar-refractivity contribution in [3.63, 3.8) is 0 Å². The van der Waals surface area contributed by atoms with Gasteiger partial charge in [0.25, 0.3) is 0 Å². The largest absolute Gasteiger partial charge is 0.480 e. The fourth-order valence-corrected chi connectivity index (χ4v) is 1.67. The van der Waals surface area contributed by atoms with E-state index in [2.05, 4.69) is 5.32 Å². The van der Waals surface area contributed by atoms with Crippen LogP contribution in [0.2, 0.25) is 0 Å². The van der Waals surface area contributed by atoms with Crippen LogP contribution in [0, 0.1) is 17.6 Å². The summed E-state index contributed by atoms with van der Waals surface area (Å²) in [6.07, 6.45) is 0.690. The summed E-state index contributed by atoms with van der Waals surface area (Å²) in [5, 5.41) is 11.8. The van der Waals surface area contributed by atoms with E-state index >= 15 is 0 Å². The Labute approximate surface area is 105 Å². The molecule has 0 spiro atoms. The van der Waals surface area contributed by atoms with Crippen molar-refractivity contribution in [1.82, 2.24) is 5.32 Å². The minimum Gasteiger partial charge on any atom is -0.480 e. The van der Waals surface area contributed by atoms with Crippen LogP contribution in [0.1, 0.15) is 25.8 Å². The number of rotatable bonds is 6. The number of aliphatic carboxylic acids is 1. The van der Waals surface area contributed by atoms with E-state index in [1.54, 1.807) is 6.92 Å². The molecule has 0 saturated heterocycles. The Bertz CT molecular complexity index is 423. The van der Waals surface area contributed by atoms with Crippen LogP contribution in [0.4, 0.5) is 8.78 Å². The number of benzene rings is 1. The summed E-state index contributed by atoms with van der Waals surface area (Å²) in [4.78, 5) is 11.0. The Hall–Kier alpha value is -1.49. The predicted molar refractivity (Wildman–Crippen MR) is 64.1 cm³/mol. The molecule has 0 amide bonds. The molecule has 2 atom stereocenters. The van der Waals surface area contributed by atoms with Gasteiger partial charge in [0.15, 0.2) is 0 Å². The number of halogens is 2. The van der Waals surface area contributed by atoms with Gasteiger partial charge in [0, 0.05) is 12.1 Å². The lowest BCUT2D eigenvalue weighted by Crippen LogP contribution is -2.41. The zero-order valence-electron chi connectivity index (χ0n) is 10.4. The van der Waals surface area contributed by atoms with Crippen molar-refractivity contribution in [2.75, 3.05) is 0 Å². The normalized spacial score (nSPS) is 14.2. The minimum absolute atomic E-state index is 0.00903. The number of hydrogen-bond donors (Lipinski definition) is 2. The number of carboxylic acid groups (broad SMARTS) is 1. The van der Waals surface area contributed by atoms with Crippen LogP contribution in [0.15, 0.2) is 18.2 Å². The second kappa shape index (κ2) is 6.44. The van der Waals surface area contributed by atoms with Gasteiger partial charge >= 0.3 is 5.97 Å². The molecule has 0 aromatic heterocycles. The third-order valence-corrected chi connectivity index (χ3v) is 3.00. The standard InChI is InChI=1S/C13H17F2NO2/c1-3-8(2)12(13(17)18)16-7-9-6-10(14)4-5-11(9)15/h4-6,8,12,16H,3,7H2,1-2H3,(H,17,18)/t8-,12-/m0/s1. The highest BCUT2D eigenvalue weighted by molar-refractivity contribution is 5.73. The number of hydrogen-bond acceptors (Lipinski definition) is 2. The van der Waals surface area contributed by atoms with E-state index in [1.165, 1.54) is 0 Å². The summed E-state index contributed by atoms with van der Waals surface area (Å²) in [7, 11) is 0. The maximum absolute atomic E-state index is 13.4. The average Bonchev–Trinajstić information content (AvgIpc) is 2.32. The first-order chi connectivity index (χ1) is 8.45. The molecule has 5 heteroatoms.